The average Bonchev–Trinajstić information content (AvgIpc) is 2.38. The number of hydrogen-bond donors (Lipinski definition) is 2. The molecule has 0 atom stereocenters. The van der Waals surface area contributed by atoms with Gasteiger partial charge in [-0.3, -0.25) is 4.79 Å². The molecule has 1 amide bonds. The van der Waals surface area contributed by atoms with E-state index >= 15 is 0 Å². The van der Waals surface area contributed by atoms with Gasteiger partial charge < -0.3 is 10.4 Å². The van der Waals surface area contributed by atoms with Gasteiger partial charge in [-0.2, -0.15) is 0 Å². The Morgan fingerprint density at radius 1 is 1.29 bits per heavy atom. The van der Waals surface area contributed by atoms with E-state index in [2.05, 4.69) is 5.32 Å². The second-order valence-corrected chi connectivity index (χ2v) is 4.21. The Balaban J connectivity index is 2.52. The molecule has 0 aliphatic heterocycles. The summed E-state index contributed by atoms with van der Waals surface area (Å²) in [6.07, 6.45) is 1.75. The van der Waals surface area contributed by atoms with E-state index in [-0.39, 0.29) is 18.4 Å². The molecule has 0 saturated carbocycles. The van der Waals surface area contributed by atoms with Gasteiger partial charge in [-0.15, -0.1) is 0 Å². The fourth-order valence-electron chi connectivity index (χ4n) is 1.83. The minimum atomic E-state index is 0.0360. The summed E-state index contributed by atoms with van der Waals surface area (Å²) >= 11 is 0. The molecule has 3 nitrogen and oxygen atoms in total. The van der Waals surface area contributed by atoms with Gasteiger partial charge in [0.25, 0.3) is 0 Å². The van der Waals surface area contributed by atoms with Crippen LogP contribution in [0.3, 0.4) is 0 Å². The second-order valence-electron chi connectivity index (χ2n) is 4.21. The standard InChI is InChI=1S/C14H21NO2/c1-3-13(4-2)14(17)15-9-11-6-5-7-12(8-11)10-16/h5-8,13,16H,3-4,9-10H2,1-2H3,(H,15,17). The molecule has 0 heterocycles. The van der Waals surface area contributed by atoms with Crippen LogP contribution in [-0.2, 0) is 17.9 Å². The van der Waals surface area contributed by atoms with Crippen LogP contribution >= 0.6 is 0 Å². The van der Waals surface area contributed by atoms with Gasteiger partial charge in [-0.05, 0) is 24.0 Å². The summed E-state index contributed by atoms with van der Waals surface area (Å²) in [6, 6.07) is 7.62. The van der Waals surface area contributed by atoms with Crippen molar-refractivity contribution in [3.8, 4) is 0 Å². The lowest BCUT2D eigenvalue weighted by molar-refractivity contribution is -0.125. The Morgan fingerprint density at radius 2 is 1.94 bits per heavy atom. The summed E-state index contributed by atoms with van der Waals surface area (Å²) in [5.74, 6) is 0.223. The molecule has 0 aliphatic rings. The fourth-order valence-corrected chi connectivity index (χ4v) is 1.83. The second kappa shape index (κ2) is 7.07. The van der Waals surface area contributed by atoms with Gasteiger partial charge in [0.1, 0.15) is 0 Å². The van der Waals surface area contributed by atoms with E-state index in [9.17, 15) is 4.79 Å². The molecule has 1 aromatic rings. The third-order valence-corrected chi connectivity index (χ3v) is 3.00. The van der Waals surface area contributed by atoms with Gasteiger partial charge in [0.05, 0.1) is 6.61 Å². The number of aliphatic hydroxyl groups excluding tert-OH is 1. The molecule has 1 aromatic carbocycles. The van der Waals surface area contributed by atoms with E-state index in [0.29, 0.717) is 6.54 Å². The first kappa shape index (κ1) is 13.7. The summed E-state index contributed by atoms with van der Waals surface area (Å²) in [5, 5.41) is 11.9. The van der Waals surface area contributed by atoms with Crippen LogP contribution in [0.2, 0.25) is 0 Å². The van der Waals surface area contributed by atoms with Crippen molar-refractivity contribution in [1.82, 2.24) is 5.32 Å². The SMILES string of the molecule is CCC(CC)C(=O)NCc1cccc(CO)c1. The van der Waals surface area contributed by atoms with E-state index in [4.69, 9.17) is 5.11 Å². The van der Waals surface area contributed by atoms with Crippen molar-refractivity contribution in [2.24, 2.45) is 5.92 Å². The van der Waals surface area contributed by atoms with Crippen molar-refractivity contribution in [2.75, 3.05) is 0 Å². The van der Waals surface area contributed by atoms with Gasteiger partial charge in [0, 0.05) is 12.5 Å². The van der Waals surface area contributed by atoms with Crippen molar-refractivity contribution >= 4 is 5.91 Å². The molecule has 1 rings (SSSR count). The van der Waals surface area contributed by atoms with Crippen LogP contribution in [0.1, 0.15) is 37.8 Å². The molecule has 0 saturated heterocycles. The zero-order chi connectivity index (χ0) is 12.7. The van der Waals surface area contributed by atoms with Gasteiger partial charge >= 0.3 is 0 Å². The molecule has 0 aliphatic carbocycles. The third-order valence-electron chi connectivity index (χ3n) is 3.00. The number of amides is 1. The minimum absolute atomic E-state index is 0.0360. The normalized spacial score (nSPS) is 10.6. The summed E-state index contributed by atoms with van der Waals surface area (Å²) in [4.78, 5) is 11.8. The van der Waals surface area contributed by atoms with Gasteiger partial charge in [0.2, 0.25) is 5.91 Å². The van der Waals surface area contributed by atoms with Crippen LogP contribution in [-0.4, -0.2) is 11.0 Å². The maximum absolute atomic E-state index is 11.8. The van der Waals surface area contributed by atoms with Crippen molar-refractivity contribution < 1.29 is 9.90 Å². The lowest BCUT2D eigenvalue weighted by Crippen LogP contribution is -2.29. The van der Waals surface area contributed by atoms with Crippen LogP contribution in [0.25, 0.3) is 0 Å². The van der Waals surface area contributed by atoms with E-state index < -0.39 is 0 Å². The first-order valence-electron chi connectivity index (χ1n) is 6.17. The average molecular weight is 235 g/mol. The van der Waals surface area contributed by atoms with Crippen LogP contribution in [0.4, 0.5) is 0 Å². The number of carbonyl (C=O) groups is 1. The maximum atomic E-state index is 11.8. The van der Waals surface area contributed by atoms with E-state index in [0.717, 1.165) is 24.0 Å². The number of carbonyl (C=O) groups excluding carboxylic acids is 1. The Bertz CT molecular complexity index is 359. The maximum Gasteiger partial charge on any atom is 0.223 e. The molecule has 3 heteroatoms. The fraction of sp³-hybridized carbons (Fsp3) is 0.500. The monoisotopic (exact) mass is 235 g/mol. The van der Waals surface area contributed by atoms with Crippen molar-refractivity contribution in [1.29, 1.82) is 0 Å². The zero-order valence-electron chi connectivity index (χ0n) is 10.6. The van der Waals surface area contributed by atoms with E-state index in [1.807, 2.05) is 38.1 Å². The molecule has 94 valence electrons. The Hall–Kier alpha value is -1.35. The van der Waals surface area contributed by atoms with Crippen molar-refractivity contribution in [3.05, 3.63) is 35.4 Å². The first-order chi connectivity index (χ1) is 8.21. The number of rotatable bonds is 6. The molecule has 0 spiro atoms. The van der Waals surface area contributed by atoms with Gasteiger partial charge in [0.15, 0.2) is 0 Å². The molecule has 2 N–H and O–H groups in total. The van der Waals surface area contributed by atoms with Crippen LogP contribution in [0.15, 0.2) is 24.3 Å². The molecule has 0 fully saturated rings. The van der Waals surface area contributed by atoms with Gasteiger partial charge in [-0.25, -0.2) is 0 Å². The molecular formula is C14H21NO2. The number of aliphatic hydroxyl groups is 1. The topological polar surface area (TPSA) is 49.3 Å². The highest BCUT2D eigenvalue weighted by atomic mass is 16.3. The molecule has 0 radical (unpaired) electrons. The van der Waals surface area contributed by atoms with Crippen LogP contribution in [0.5, 0.6) is 0 Å². The first-order valence-corrected chi connectivity index (χ1v) is 6.17. The predicted octanol–water partition coefficient (Wildman–Crippen LogP) is 2.23. The number of benzene rings is 1. The summed E-state index contributed by atoms with van der Waals surface area (Å²) < 4.78 is 0. The number of hydrogen-bond acceptors (Lipinski definition) is 2. The summed E-state index contributed by atoms with van der Waals surface area (Å²) in [6.45, 7) is 4.62. The Kier molecular flexibility index (Phi) is 5.70. The van der Waals surface area contributed by atoms with E-state index in [1.54, 1.807) is 0 Å². The molecule has 17 heavy (non-hydrogen) atoms. The Labute approximate surface area is 103 Å². The molecule has 0 aromatic heterocycles. The highest BCUT2D eigenvalue weighted by molar-refractivity contribution is 5.78. The lowest BCUT2D eigenvalue weighted by atomic mass is 10.0. The Morgan fingerprint density at radius 3 is 2.53 bits per heavy atom. The predicted molar refractivity (Wildman–Crippen MR) is 68.3 cm³/mol. The third kappa shape index (κ3) is 4.19. The highest BCUT2D eigenvalue weighted by Crippen LogP contribution is 2.09. The van der Waals surface area contributed by atoms with Crippen molar-refractivity contribution in [3.63, 3.8) is 0 Å². The highest BCUT2D eigenvalue weighted by Gasteiger charge is 2.13. The largest absolute Gasteiger partial charge is 0.392 e. The quantitative estimate of drug-likeness (QED) is 0.794. The van der Waals surface area contributed by atoms with E-state index in [1.165, 1.54) is 0 Å². The van der Waals surface area contributed by atoms with Crippen molar-refractivity contribution in [2.45, 2.75) is 39.8 Å². The zero-order valence-corrected chi connectivity index (χ0v) is 10.6. The smallest absolute Gasteiger partial charge is 0.223 e. The van der Waals surface area contributed by atoms with Gasteiger partial charge in [-0.1, -0.05) is 38.1 Å². The lowest BCUT2D eigenvalue weighted by Gasteiger charge is -2.13. The minimum Gasteiger partial charge on any atom is -0.392 e. The van der Waals surface area contributed by atoms with Crippen LogP contribution in [0, 0.1) is 5.92 Å². The number of nitrogens with one attached hydrogen (secondary N) is 1. The molecule has 0 bridgehead atoms. The summed E-state index contributed by atoms with van der Waals surface area (Å²) in [5.41, 5.74) is 1.90. The van der Waals surface area contributed by atoms with Crippen LogP contribution < -0.4 is 5.32 Å². The summed E-state index contributed by atoms with van der Waals surface area (Å²) in [7, 11) is 0. The molecular weight excluding hydrogens is 214 g/mol. The molecule has 0 unspecified atom stereocenters.